The van der Waals surface area contributed by atoms with Crippen LogP contribution >= 0.6 is 0 Å². The lowest BCUT2D eigenvalue weighted by atomic mass is 9.91. The van der Waals surface area contributed by atoms with Crippen molar-refractivity contribution in [1.29, 1.82) is 0 Å². The maximum Gasteiger partial charge on any atom is 0.0358 e. The minimum atomic E-state index is 0.292. The summed E-state index contributed by atoms with van der Waals surface area (Å²) in [6, 6.07) is 34.0. The Bertz CT molecular complexity index is 904. The molecule has 0 atom stereocenters. The predicted octanol–water partition coefficient (Wildman–Crippen LogP) is 5.75. The fourth-order valence-corrected chi connectivity index (χ4v) is 3.81. The lowest BCUT2D eigenvalue weighted by Crippen LogP contribution is -1.96. The van der Waals surface area contributed by atoms with Gasteiger partial charge in [0.15, 0.2) is 0 Å². The first kappa shape index (κ1) is 12.7. The van der Waals surface area contributed by atoms with Gasteiger partial charge in [-0.25, -0.2) is 0 Å². The smallest absolute Gasteiger partial charge is 0.0358 e. The standard InChI is InChI=1S/C23H15/c1-2-8-16-14-18(15-17(16)9-3-1)23-21-12-6-4-10-19(21)20-11-5-7-13-22(20)23/h1-14,23H. The molecule has 1 radical (unpaired) electrons. The fourth-order valence-electron chi connectivity index (χ4n) is 3.81. The highest BCUT2D eigenvalue weighted by atomic mass is 14.3. The first-order valence-electron chi connectivity index (χ1n) is 8.01. The number of hydrogen-bond donors (Lipinski definition) is 0. The molecule has 0 heteroatoms. The van der Waals surface area contributed by atoms with Gasteiger partial charge in [0.2, 0.25) is 0 Å². The summed E-state index contributed by atoms with van der Waals surface area (Å²) in [7, 11) is 0. The normalized spacial score (nSPS) is 13.0. The number of rotatable bonds is 1. The Hall–Kier alpha value is -2.86. The highest BCUT2D eigenvalue weighted by molar-refractivity contribution is 5.82. The molecule has 0 aliphatic heterocycles. The maximum absolute atomic E-state index is 3.64. The van der Waals surface area contributed by atoms with Crippen LogP contribution in [0.2, 0.25) is 0 Å². The summed E-state index contributed by atoms with van der Waals surface area (Å²) in [6.45, 7) is 0. The van der Waals surface area contributed by atoms with Crippen LogP contribution in [-0.4, -0.2) is 0 Å². The molecule has 0 aromatic heterocycles. The summed E-state index contributed by atoms with van der Waals surface area (Å²) in [6.07, 6.45) is 0. The molecule has 107 valence electrons. The van der Waals surface area contributed by atoms with E-state index in [2.05, 4.69) is 91.0 Å². The van der Waals surface area contributed by atoms with Crippen molar-refractivity contribution in [3.63, 3.8) is 0 Å². The van der Waals surface area contributed by atoms with Crippen molar-refractivity contribution < 1.29 is 0 Å². The van der Waals surface area contributed by atoms with Gasteiger partial charge >= 0.3 is 0 Å². The van der Waals surface area contributed by atoms with Gasteiger partial charge in [-0.05, 0) is 51.1 Å². The number of hydrogen-bond acceptors (Lipinski definition) is 0. The molecule has 0 unspecified atom stereocenters. The van der Waals surface area contributed by atoms with E-state index in [1.807, 2.05) is 0 Å². The molecular formula is C23H15. The van der Waals surface area contributed by atoms with Crippen LogP contribution in [0.1, 0.15) is 22.6 Å². The van der Waals surface area contributed by atoms with E-state index >= 15 is 0 Å². The molecule has 0 fully saturated rings. The van der Waals surface area contributed by atoms with Crippen molar-refractivity contribution in [2.75, 3.05) is 0 Å². The third-order valence-corrected chi connectivity index (χ3v) is 4.81. The zero-order chi connectivity index (χ0) is 15.2. The Morgan fingerprint density at radius 3 is 1.96 bits per heavy atom. The number of benzene rings is 2. The topological polar surface area (TPSA) is 0 Å². The molecule has 5 rings (SSSR count). The summed E-state index contributed by atoms with van der Waals surface area (Å²) < 4.78 is 0. The SMILES string of the molecule is [c]1c2cccccc-2cc1C1c2ccccc2-c2ccccc21. The molecule has 2 aromatic rings. The van der Waals surface area contributed by atoms with Crippen molar-refractivity contribution in [3.05, 3.63) is 108 Å². The molecule has 0 bridgehead atoms. The van der Waals surface area contributed by atoms with E-state index in [4.69, 9.17) is 0 Å². The van der Waals surface area contributed by atoms with E-state index < -0.39 is 0 Å². The average Bonchev–Trinajstić information content (AvgIpc) is 3.06. The molecule has 0 saturated carbocycles. The summed E-state index contributed by atoms with van der Waals surface area (Å²) in [5.41, 5.74) is 9.21. The first-order chi connectivity index (χ1) is 11.4. The molecule has 0 heterocycles. The van der Waals surface area contributed by atoms with Crippen LogP contribution in [0.4, 0.5) is 0 Å². The lowest BCUT2D eigenvalue weighted by Gasteiger charge is -2.11. The van der Waals surface area contributed by atoms with Gasteiger partial charge in [0.25, 0.3) is 0 Å². The van der Waals surface area contributed by atoms with Gasteiger partial charge < -0.3 is 0 Å². The molecule has 2 aromatic carbocycles. The molecule has 3 aliphatic carbocycles. The second kappa shape index (κ2) is 4.82. The Labute approximate surface area is 136 Å². The van der Waals surface area contributed by atoms with Crippen LogP contribution in [0.15, 0.2) is 84.9 Å². The second-order valence-corrected chi connectivity index (χ2v) is 6.11. The quantitative estimate of drug-likeness (QED) is 0.369. The van der Waals surface area contributed by atoms with Crippen LogP contribution < -0.4 is 0 Å². The zero-order valence-corrected chi connectivity index (χ0v) is 12.7. The van der Waals surface area contributed by atoms with Gasteiger partial charge in [0.1, 0.15) is 0 Å². The average molecular weight is 291 g/mol. The second-order valence-electron chi connectivity index (χ2n) is 6.11. The number of fused-ring (bicyclic) bond motifs is 4. The summed E-state index contributed by atoms with van der Waals surface area (Å²) in [4.78, 5) is 0. The minimum absolute atomic E-state index is 0.292. The monoisotopic (exact) mass is 291 g/mol. The zero-order valence-electron chi connectivity index (χ0n) is 12.7. The van der Waals surface area contributed by atoms with E-state index in [0.29, 0.717) is 5.92 Å². The van der Waals surface area contributed by atoms with Crippen LogP contribution in [0, 0.1) is 6.07 Å². The predicted molar refractivity (Wildman–Crippen MR) is 94.7 cm³/mol. The van der Waals surface area contributed by atoms with E-state index in [1.165, 1.54) is 38.9 Å². The third kappa shape index (κ3) is 1.85. The van der Waals surface area contributed by atoms with Gasteiger partial charge in [-0.1, -0.05) is 78.9 Å². The van der Waals surface area contributed by atoms with Gasteiger partial charge in [0.05, 0.1) is 0 Å². The van der Waals surface area contributed by atoms with Gasteiger partial charge in [0, 0.05) is 5.92 Å². The van der Waals surface area contributed by atoms with Gasteiger partial charge in [-0.3, -0.25) is 0 Å². The molecule has 0 nitrogen and oxygen atoms in total. The molecule has 0 amide bonds. The van der Waals surface area contributed by atoms with Crippen molar-refractivity contribution in [2.24, 2.45) is 0 Å². The summed E-state index contributed by atoms with van der Waals surface area (Å²) >= 11 is 0. The lowest BCUT2D eigenvalue weighted by molar-refractivity contribution is 1.02. The van der Waals surface area contributed by atoms with Crippen molar-refractivity contribution in [2.45, 2.75) is 5.92 Å². The molecule has 0 saturated heterocycles. The van der Waals surface area contributed by atoms with Crippen LogP contribution in [-0.2, 0) is 0 Å². The van der Waals surface area contributed by atoms with Gasteiger partial charge in [-0.2, -0.15) is 0 Å². The Balaban J connectivity index is 1.78. The molecule has 3 aliphatic rings. The maximum atomic E-state index is 3.64. The fraction of sp³-hybridized carbons (Fsp3) is 0.0435. The Morgan fingerprint density at radius 1 is 0.609 bits per heavy atom. The van der Waals surface area contributed by atoms with Crippen molar-refractivity contribution >= 4 is 0 Å². The van der Waals surface area contributed by atoms with E-state index in [1.54, 1.807) is 0 Å². The van der Waals surface area contributed by atoms with Crippen LogP contribution in [0.3, 0.4) is 0 Å². The Kier molecular flexibility index (Phi) is 2.65. The molecule has 0 spiro atoms. The summed E-state index contributed by atoms with van der Waals surface area (Å²) in [5.74, 6) is 0.292. The van der Waals surface area contributed by atoms with E-state index in [-0.39, 0.29) is 0 Å². The highest BCUT2D eigenvalue weighted by Gasteiger charge is 2.30. The van der Waals surface area contributed by atoms with E-state index in [0.717, 1.165) is 0 Å². The largest absolute Gasteiger partial charge is 0.0622 e. The van der Waals surface area contributed by atoms with Gasteiger partial charge in [-0.15, -0.1) is 0 Å². The first-order valence-corrected chi connectivity index (χ1v) is 8.01. The van der Waals surface area contributed by atoms with Crippen LogP contribution in [0.25, 0.3) is 22.3 Å². The summed E-state index contributed by atoms with van der Waals surface area (Å²) in [5, 5.41) is 0. The van der Waals surface area contributed by atoms with Crippen LogP contribution in [0.5, 0.6) is 0 Å². The minimum Gasteiger partial charge on any atom is -0.0622 e. The Morgan fingerprint density at radius 2 is 1.22 bits per heavy atom. The van der Waals surface area contributed by atoms with E-state index in [9.17, 15) is 0 Å². The highest BCUT2D eigenvalue weighted by Crippen LogP contribution is 2.48. The molecular weight excluding hydrogens is 276 g/mol. The molecule has 23 heavy (non-hydrogen) atoms. The van der Waals surface area contributed by atoms with Crippen molar-refractivity contribution in [3.8, 4) is 22.3 Å². The third-order valence-electron chi connectivity index (χ3n) is 4.81. The van der Waals surface area contributed by atoms with Crippen molar-refractivity contribution in [1.82, 2.24) is 0 Å². The molecule has 0 N–H and O–H groups in total.